The third-order valence-corrected chi connectivity index (χ3v) is 6.91. The molecule has 180 valence electrons. The van der Waals surface area contributed by atoms with Gasteiger partial charge in [0.05, 0.1) is 30.6 Å². The Morgan fingerprint density at radius 1 is 1.14 bits per heavy atom. The molecule has 1 aliphatic rings. The molecular formula is C24H20ClN3O6S. The number of benzene rings is 3. The van der Waals surface area contributed by atoms with Crippen LogP contribution in [0.3, 0.4) is 0 Å². The Morgan fingerprint density at radius 3 is 2.63 bits per heavy atom. The number of hydrogen-bond acceptors (Lipinski definition) is 7. The lowest BCUT2D eigenvalue weighted by Crippen LogP contribution is -2.29. The van der Waals surface area contributed by atoms with Crippen molar-refractivity contribution in [3.63, 3.8) is 0 Å². The number of nitro groups is 1. The number of para-hydroxylation sites is 1. The van der Waals surface area contributed by atoms with Crippen LogP contribution < -0.4 is 19.7 Å². The summed E-state index contributed by atoms with van der Waals surface area (Å²) in [6.07, 6.45) is 0. The van der Waals surface area contributed by atoms with E-state index in [2.05, 4.69) is 5.32 Å². The van der Waals surface area contributed by atoms with Gasteiger partial charge in [-0.15, -0.1) is 11.8 Å². The summed E-state index contributed by atoms with van der Waals surface area (Å²) in [6, 6.07) is 16.1. The molecular weight excluding hydrogens is 494 g/mol. The number of anilines is 2. The molecule has 3 aromatic carbocycles. The topological polar surface area (TPSA) is 111 Å². The lowest BCUT2D eigenvalue weighted by Gasteiger charge is -2.27. The molecule has 1 atom stereocenters. The largest absolute Gasteiger partial charge is 0.497 e. The maximum atomic E-state index is 13.0. The number of amides is 2. The maximum absolute atomic E-state index is 13.0. The summed E-state index contributed by atoms with van der Waals surface area (Å²) in [5.41, 5.74) is 1.46. The van der Waals surface area contributed by atoms with Gasteiger partial charge in [-0.1, -0.05) is 29.8 Å². The van der Waals surface area contributed by atoms with Crippen LogP contribution in [0.5, 0.6) is 11.5 Å². The zero-order valence-electron chi connectivity index (χ0n) is 18.7. The Kier molecular flexibility index (Phi) is 7.13. The van der Waals surface area contributed by atoms with Gasteiger partial charge in [0, 0.05) is 28.9 Å². The van der Waals surface area contributed by atoms with Crippen LogP contribution in [-0.4, -0.2) is 36.7 Å². The van der Waals surface area contributed by atoms with E-state index in [1.165, 1.54) is 31.0 Å². The molecule has 11 heteroatoms. The molecule has 9 nitrogen and oxygen atoms in total. The molecule has 3 aromatic rings. The van der Waals surface area contributed by atoms with Crippen LogP contribution in [0.1, 0.15) is 21.3 Å². The quantitative estimate of drug-likeness (QED) is 0.337. The highest BCUT2D eigenvalue weighted by Gasteiger charge is 2.37. The van der Waals surface area contributed by atoms with Gasteiger partial charge in [-0.2, -0.15) is 0 Å². The smallest absolute Gasteiger partial charge is 0.288 e. The molecule has 35 heavy (non-hydrogen) atoms. The average molecular weight is 514 g/mol. The lowest BCUT2D eigenvalue weighted by molar-refractivity contribution is -0.384. The summed E-state index contributed by atoms with van der Waals surface area (Å²) in [5.74, 6) is 0.648. The van der Waals surface area contributed by atoms with E-state index in [1.807, 2.05) is 12.1 Å². The minimum absolute atomic E-state index is 0.0584. The standard InChI is InChI=1S/C24H20ClN3O6S/c1-33-15-8-10-19(21(12-15)34-2)27-22(29)13-35-24(27)16-5-3-4-6-18(16)26-23(30)14-7-9-17(25)20(11-14)28(31)32/h3-12,24H,13H2,1-2H3,(H,26,30). The molecule has 1 saturated heterocycles. The fraction of sp³-hybridized carbons (Fsp3) is 0.167. The van der Waals surface area contributed by atoms with Gasteiger partial charge in [0.25, 0.3) is 11.6 Å². The summed E-state index contributed by atoms with van der Waals surface area (Å²) in [4.78, 5) is 38.1. The number of carbonyl (C=O) groups excluding carboxylic acids is 2. The molecule has 1 unspecified atom stereocenters. The summed E-state index contributed by atoms with van der Waals surface area (Å²) < 4.78 is 10.8. The molecule has 0 saturated carbocycles. The molecule has 0 aromatic heterocycles. The van der Waals surface area contributed by atoms with Crippen molar-refractivity contribution in [2.45, 2.75) is 5.37 Å². The Labute approximate surface area is 210 Å². The number of hydrogen-bond donors (Lipinski definition) is 1. The first-order chi connectivity index (χ1) is 16.8. The fourth-order valence-corrected chi connectivity index (χ4v) is 5.10. The summed E-state index contributed by atoms with van der Waals surface area (Å²) in [5, 5.41) is 13.5. The van der Waals surface area contributed by atoms with E-state index in [0.29, 0.717) is 28.4 Å². The van der Waals surface area contributed by atoms with Crippen molar-refractivity contribution >= 4 is 52.2 Å². The highest BCUT2D eigenvalue weighted by molar-refractivity contribution is 8.00. The van der Waals surface area contributed by atoms with Crippen molar-refractivity contribution < 1.29 is 24.0 Å². The summed E-state index contributed by atoms with van der Waals surface area (Å²) in [7, 11) is 3.06. The molecule has 1 heterocycles. The lowest BCUT2D eigenvalue weighted by atomic mass is 10.1. The van der Waals surface area contributed by atoms with Gasteiger partial charge in [0.2, 0.25) is 5.91 Å². The Balaban J connectivity index is 1.68. The van der Waals surface area contributed by atoms with Crippen LogP contribution in [0.2, 0.25) is 5.02 Å². The zero-order chi connectivity index (χ0) is 25.1. The second-order valence-corrected chi connectivity index (χ2v) is 8.91. The fourth-order valence-electron chi connectivity index (χ4n) is 3.71. The number of methoxy groups -OCH3 is 2. The van der Waals surface area contributed by atoms with Gasteiger partial charge in [-0.25, -0.2) is 0 Å². The number of nitrogens with zero attached hydrogens (tertiary/aromatic N) is 2. The number of thioether (sulfide) groups is 1. The molecule has 0 bridgehead atoms. The van der Waals surface area contributed by atoms with Gasteiger partial charge >= 0.3 is 0 Å². The average Bonchev–Trinajstić information content (AvgIpc) is 3.24. The van der Waals surface area contributed by atoms with E-state index < -0.39 is 16.2 Å². The van der Waals surface area contributed by atoms with Crippen LogP contribution in [-0.2, 0) is 4.79 Å². The van der Waals surface area contributed by atoms with E-state index >= 15 is 0 Å². The molecule has 1 fully saturated rings. The summed E-state index contributed by atoms with van der Waals surface area (Å²) in [6.45, 7) is 0. The first-order valence-corrected chi connectivity index (χ1v) is 11.8. The SMILES string of the molecule is COc1ccc(N2C(=O)CSC2c2ccccc2NC(=O)c2ccc(Cl)c([N+](=O)[O-])c2)c(OC)c1. The number of ether oxygens (including phenoxy) is 2. The number of rotatable bonds is 7. The molecule has 1 aliphatic heterocycles. The Morgan fingerprint density at radius 2 is 1.91 bits per heavy atom. The maximum Gasteiger partial charge on any atom is 0.288 e. The normalized spacial score (nSPS) is 15.1. The minimum Gasteiger partial charge on any atom is -0.497 e. The Hall–Kier alpha value is -3.76. The number of halogens is 1. The monoisotopic (exact) mass is 513 g/mol. The van der Waals surface area contributed by atoms with Crippen molar-refractivity contribution in [1.29, 1.82) is 0 Å². The van der Waals surface area contributed by atoms with Crippen molar-refractivity contribution in [2.24, 2.45) is 0 Å². The third-order valence-electron chi connectivity index (χ3n) is 5.39. The van der Waals surface area contributed by atoms with Crippen molar-refractivity contribution in [1.82, 2.24) is 0 Å². The Bertz CT molecular complexity index is 1320. The summed E-state index contributed by atoms with van der Waals surface area (Å²) >= 11 is 7.28. The van der Waals surface area contributed by atoms with Gasteiger partial charge in [-0.3, -0.25) is 24.6 Å². The zero-order valence-corrected chi connectivity index (χ0v) is 20.3. The predicted octanol–water partition coefficient (Wildman–Crippen LogP) is 5.30. The van der Waals surface area contributed by atoms with E-state index in [4.69, 9.17) is 21.1 Å². The van der Waals surface area contributed by atoms with Crippen molar-refractivity contribution in [2.75, 3.05) is 30.2 Å². The van der Waals surface area contributed by atoms with Gasteiger partial charge in [0.15, 0.2) is 0 Å². The molecule has 0 radical (unpaired) electrons. The van der Waals surface area contributed by atoms with Crippen molar-refractivity contribution in [3.05, 3.63) is 86.9 Å². The second-order valence-electron chi connectivity index (χ2n) is 7.43. The van der Waals surface area contributed by atoms with Gasteiger partial charge in [0.1, 0.15) is 21.9 Å². The molecule has 1 N–H and O–H groups in total. The number of carbonyl (C=O) groups is 2. The first-order valence-electron chi connectivity index (χ1n) is 10.3. The molecule has 0 aliphatic carbocycles. The van der Waals surface area contributed by atoms with Crippen LogP contribution in [0, 0.1) is 10.1 Å². The van der Waals surface area contributed by atoms with E-state index in [-0.39, 0.29) is 27.9 Å². The number of nitro benzene ring substituents is 1. The molecule has 4 rings (SSSR count). The van der Waals surface area contributed by atoms with Crippen LogP contribution in [0.4, 0.5) is 17.1 Å². The predicted molar refractivity (Wildman–Crippen MR) is 135 cm³/mol. The first kappa shape index (κ1) is 24.4. The molecule has 0 spiro atoms. The minimum atomic E-state index is -0.645. The van der Waals surface area contributed by atoms with Crippen molar-refractivity contribution in [3.8, 4) is 11.5 Å². The van der Waals surface area contributed by atoms with Gasteiger partial charge < -0.3 is 14.8 Å². The molecule has 2 amide bonds. The second kappa shape index (κ2) is 10.2. The van der Waals surface area contributed by atoms with Gasteiger partial charge in [-0.05, 0) is 30.3 Å². The highest BCUT2D eigenvalue weighted by atomic mass is 35.5. The van der Waals surface area contributed by atoms with Crippen LogP contribution in [0.15, 0.2) is 60.7 Å². The van der Waals surface area contributed by atoms with E-state index in [0.717, 1.165) is 6.07 Å². The highest BCUT2D eigenvalue weighted by Crippen LogP contribution is 2.47. The van der Waals surface area contributed by atoms with Crippen LogP contribution in [0.25, 0.3) is 0 Å². The third kappa shape index (κ3) is 4.89. The van der Waals surface area contributed by atoms with Crippen LogP contribution >= 0.6 is 23.4 Å². The van der Waals surface area contributed by atoms with E-state index in [1.54, 1.807) is 42.3 Å². The number of nitrogens with one attached hydrogen (secondary N) is 1. The van der Waals surface area contributed by atoms with E-state index in [9.17, 15) is 19.7 Å².